The lowest BCUT2D eigenvalue weighted by atomic mass is 10.0. The molecule has 156 valence electrons. The number of carbonyl (C=O) groups excluding carboxylic acids is 1. The van der Waals surface area contributed by atoms with Crippen molar-refractivity contribution < 1.29 is 13.2 Å². The van der Waals surface area contributed by atoms with Crippen molar-refractivity contribution in [3.63, 3.8) is 0 Å². The van der Waals surface area contributed by atoms with E-state index in [2.05, 4.69) is 4.98 Å². The molecule has 1 aliphatic rings. The lowest BCUT2D eigenvalue weighted by molar-refractivity contribution is 0.0692. The highest BCUT2D eigenvalue weighted by Gasteiger charge is 2.33. The number of pyridine rings is 1. The molecule has 2 aromatic rings. The number of sulfonamides is 1. The van der Waals surface area contributed by atoms with Gasteiger partial charge in [0.2, 0.25) is 10.0 Å². The molecule has 0 aliphatic carbocycles. The second kappa shape index (κ2) is 8.22. The van der Waals surface area contributed by atoms with E-state index in [1.54, 1.807) is 4.90 Å². The third-order valence-electron chi connectivity index (χ3n) is 5.44. The van der Waals surface area contributed by atoms with Crippen LogP contribution in [-0.2, 0) is 10.0 Å². The summed E-state index contributed by atoms with van der Waals surface area (Å²) in [7, 11) is -3.66. The third-order valence-corrected chi connectivity index (χ3v) is 8.12. The van der Waals surface area contributed by atoms with Crippen molar-refractivity contribution in [2.75, 3.05) is 26.2 Å². The molecule has 6 nitrogen and oxygen atoms in total. The predicted octanol–water partition coefficient (Wildman–Crippen LogP) is 3.77. The van der Waals surface area contributed by atoms with E-state index < -0.39 is 10.0 Å². The summed E-state index contributed by atoms with van der Waals surface area (Å²) in [6.07, 6.45) is 0. The van der Waals surface area contributed by atoms with Crippen LogP contribution in [0, 0.1) is 27.7 Å². The van der Waals surface area contributed by atoms with Gasteiger partial charge in [-0.3, -0.25) is 4.79 Å². The van der Waals surface area contributed by atoms with Crippen LogP contribution in [0.25, 0.3) is 0 Å². The summed E-state index contributed by atoms with van der Waals surface area (Å²) < 4.78 is 28.1. The maximum atomic E-state index is 13.4. The minimum atomic E-state index is -3.66. The van der Waals surface area contributed by atoms with Crippen LogP contribution in [0.15, 0.2) is 23.1 Å². The lowest BCUT2D eigenvalue weighted by Gasteiger charge is -2.34. The van der Waals surface area contributed by atoms with Crippen LogP contribution in [0.4, 0.5) is 0 Å². The molecule has 3 rings (SSSR count). The number of piperazine rings is 1. The second-order valence-electron chi connectivity index (χ2n) is 7.25. The van der Waals surface area contributed by atoms with Crippen LogP contribution >= 0.6 is 23.2 Å². The highest BCUT2D eigenvalue weighted by atomic mass is 35.5. The van der Waals surface area contributed by atoms with Crippen molar-refractivity contribution >= 4 is 39.1 Å². The first kappa shape index (κ1) is 22.0. The van der Waals surface area contributed by atoms with E-state index >= 15 is 0 Å². The van der Waals surface area contributed by atoms with E-state index in [0.29, 0.717) is 4.90 Å². The van der Waals surface area contributed by atoms with Gasteiger partial charge in [-0.15, -0.1) is 0 Å². The standard InChI is InChI=1S/C20H23Cl2N3O3S/c1-12-11-13(2)15(4)19(14(12)3)29(27,28)25-9-7-24(8-10-25)20(26)18-16(21)5-6-17(22)23-18/h5-6,11H,7-10H2,1-4H3. The Labute approximate surface area is 181 Å². The van der Waals surface area contributed by atoms with Gasteiger partial charge in [0, 0.05) is 26.2 Å². The van der Waals surface area contributed by atoms with E-state index in [9.17, 15) is 13.2 Å². The molecular formula is C20H23Cl2N3O3S. The normalized spacial score (nSPS) is 15.6. The van der Waals surface area contributed by atoms with Crippen LogP contribution in [0.5, 0.6) is 0 Å². The zero-order valence-corrected chi connectivity index (χ0v) is 19.1. The van der Waals surface area contributed by atoms with Crippen molar-refractivity contribution in [3.05, 3.63) is 56.3 Å². The summed E-state index contributed by atoms with van der Waals surface area (Å²) >= 11 is 12.0. The number of rotatable bonds is 3. The lowest BCUT2D eigenvalue weighted by Crippen LogP contribution is -2.50. The van der Waals surface area contributed by atoms with Crippen LogP contribution < -0.4 is 0 Å². The molecule has 0 saturated carbocycles. The highest BCUT2D eigenvalue weighted by Crippen LogP contribution is 2.29. The Morgan fingerprint density at radius 1 is 0.966 bits per heavy atom. The molecule has 0 spiro atoms. The number of aromatic nitrogens is 1. The molecule has 1 aromatic carbocycles. The first-order valence-electron chi connectivity index (χ1n) is 9.23. The Morgan fingerprint density at radius 3 is 2.07 bits per heavy atom. The molecule has 1 aliphatic heterocycles. The molecule has 1 saturated heterocycles. The molecule has 1 amide bonds. The Balaban J connectivity index is 1.82. The van der Waals surface area contributed by atoms with Crippen molar-refractivity contribution in [3.8, 4) is 0 Å². The summed E-state index contributed by atoms with van der Waals surface area (Å²) in [6, 6.07) is 5.04. The molecule has 1 aromatic heterocycles. The number of amides is 1. The van der Waals surface area contributed by atoms with Crippen molar-refractivity contribution in [1.82, 2.24) is 14.2 Å². The molecule has 0 radical (unpaired) electrons. The molecule has 0 unspecified atom stereocenters. The molecule has 29 heavy (non-hydrogen) atoms. The van der Waals surface area contributed by atoms with Gasteiger partial charge in [-0.1, -0.05) is 29.3 Å². The fourth-order valence-corrected chi connectivity index (χ4v) is 5.88. The van der Waals surface area contributed by atoms with Gasteiger partial charge >= 0.3 is 0 Å². The average Bonchev–Trinajstić information content (AvgIpc) is 2.68. The number of carbonyl (C=O) groups is 1. The monoisotopic (exact) mass is 455 g/mol. The van der Waals surface area contributed by atoms with Gasteiger partial charge in [0.25, 0.3) is 5.91 Å². The first-order chi connectivity index (χ1) is 13.5. The smallest absolute Gasteiger partial charge is 0.274 e. The topological polar surface area (TPSA) is 70.6 Å². The van der Waals surface area contributed by atoms with Crippen molar-refractivity contribution in [2.24, 2.45) is 0 Å². The summed E-state index contributed by atoms with van der Waals surface area (Å²) in [5.74, 6) is -0.353. The molecule has 0 N–H and O–H groups in total. The van der Waals surface area contributed by atoms with E-state index in [1.165, 1.54) is 16.4 Å². The highest BCUT2D eigenvalue weighted by molar-refractivity contribution is 7.89. The summed E-state index contributed by atoms with van der Waals surface area (Å²) in [5.41, 5.74) is 3.50. The summed E-state index contributed by atoms with van der Waals surface area (Å²) in [4.78, 5) is 18.7. The number of benzene rings is 1. The van der Waals surface area contributed by atoms with Gasteiger partial charge in [-0.25, -0.2) is 13.4 Å². The van der Waals surface area contributed by atoms with Gasteiger partial charge in [-0.2, -0.15) is 4.31 Å². The molecule has 1 fully saturated rings. The minimum Gasteiger partial charge on any atom is -0.335 e. The SMILES string of the molecule is Cc1cc(C)c(C)c(S(=O)(=O)N2CCN(C(=O)c3nc(Cl)ccc3Cl)CC2)c1C. The van der Waals surface area contributed by atoms with Crippen LogP contribution in [0.1, 0.15) is 32.7 Å². The van der Waals surface area contributed by atoms with Crippen LogP contribution in [0.2, 0.25) is 10.2 Å². The number of hydrogen-bond donors (Lipinski definition) is 0. The predicted molar refractivity (Wildman–Crippen MR) is 114 cm³/mol. The average molecular weight is 456 g/mol. The van der Waals surface area contributed by atoms with Gasteiger partial charge in [0.15, 0.2) is 0 Å². The van der Waals surface area contributed by atoms with Gasteiger partial charge < -0.3 is 4.90 Å². The maximum Gasteiger partial charge on any atom is 0.274 e. The minimum absolute atomic E-state index is 0.0801. The third kappa shape index (κ3) is 4.14. The quantitative estimate of drug-likeness (QED) is 0.660. The number of aryl methyl sites for hydroxylation is 2. The maximum absolute atomic E-state index is 13.4. The molecule has 2 heterocycles. The Morgan fingerprint density at radius 2 is 1.52 bits per heavy atom. The number of hydrogen-bond acceptors (Lipinski definition) is 4. The van der Waals surface area contributed by atoms with Crippen LogP contribution in [0.3, 0.4) is 0 Å². The first-order valence-corrected chi connectivity index (χ1v) is 11.4. The Bertz CT molecular complexity index is 1050. The van der Waals surface area contributed by atoms with E-state index in [1.807, 2.05) is 33.8 Å². The van der Waals surface area contributed by atoms with E-state index in [-0.39, 0.29) is 48.0 Å². The number of nitrogens with zero attached hydrogens (tertiary/aromatic N) is 3. The van der Waals surface area contributed by atoms with Gasteiger partial charge in [0.05, 0.1) is 9.92 Å². The molecule has 0 atom stereocenters. The van der Waals surface area contributed by atoms with Crippen LogP contribution in [-0.4, -0.2) is 54.7 Å². The summed E-state index contributed by atoms with van der Waals surface area (Å²) in [6.45, 7) is 8.42. The fourth-order valence-electron chi connectivity index (χ4n) is 3.55. The largest absolute Gasteiger partial charge is 0.335 e. The fraction of sp³-hybridized carbons (Fsp3) is 0.400. The number of halogens is 2. The van der Waals surface area contributed by atoms with Gasteiger partial charge in [0.1, 0.15) is 10.8 Å². The molecular weight excluding hydrogens is 433 g/mol. The van der Waals surface area contributed by atoms with E-state index in [4.69, 9.17) is 23.2 Å². The van der Waals surface area contributed by atoms with Crippen molar-refractivity contribution in [1.29, 1.82) is 0 Å². The zero-order valence-electron chi connectivity index (χ0n) is 16.8. The van der Waals surface area contributed by atoms with E-state index in [0.717, 1.165) is 22.3 Å². The Kier molecular flexibility index (Phi) is 6.24. The van der Waals surface area contributed by atoms with Crippen molar-refractivity contribution in [2.45, 2.75) is 32.6 Å². The summed E-state index contributed by atoms with van der Waals surface area (Å²) in [5, 5.41) is 0.399. The molecule has 9 heteroatoms. The zero-order chi connectivity index (χ0) is 21.5. The second-order valence-corrected chi connectivity index (χ2v) is 9.92. The molecule has 0 bridgehead atoms. The Hall–Kier alpha value is -1.67. The van der Waals surface area contributed by atoms with Gasteiger partial charge in [-0.05, 0) is 62.1 Å².